The van der Waals surface area contributed by atoms with E-state index >= 15 is 0 Å². The Bertz CT molecular complexity index is 794. The lowest BCUT2D eigenvalue weighted by molar-refractivity contribution is 0.324. The zero-order valence-electron chi connectivity index (χ0n) is 14.6. The van der Waals surface area contributed by atoms with Crippen molar-refractivity contribution in [3.63, 3.8) is 0 Å². The molecular formula is C17H22N4O4. The predicted molar refractivity (Wildman–Crippen MR) is 93.7 cm³/mol. The monoisotopic (exact) mass is 346 g/mol. The van der Waals surface area contributed by atoms with Crippen LogP contribution in [0.1, 0.15) is 16.8 Å². The van der Waals surface area contributed by atoms with Crippen LogP contribution in [0.15, 0.2) is 16.9 Å². The van der Waals surface area contributed by atoms with Gasteiger partial charge >= 0.3 is 0 Å². The molecule has 25 heavy (non-hydrogen) atoms. The van der Waals surface area contributed by atoms with Crippen molar-refractivity contribution in [2.45, 2.75) is 19.5 Å². The average molecular weight is 346 g/mol. The van der Waals surface area contributed by atoms with Gasteiger partial charge in [-0.15, -0.1) is 0 Å². The minimum absolute atomic E-state index is 0.0844. The molecule has 134 valence electrons. The molecule has 0 radical (unpaired) electrons. The molecule has 0 aliphatic carbocycles. The lowest BCUT2D eigenvalue weighted by atomic mass is 10.1. The normalized spacial score (nSPS) is 13.1. The summed E-state index contributed by atoms with van der Waals surface area (Å²) in [4.78, 5) is 19.4. The van der Waals surface area contributed by atoms with Crippen molar-refractivity contribution in [3.8, 4) is 17.2 Å². The third-order valence-electron chi connectivity index (χ3n) is 4.13. The zero-order valence-corrected chi connectivity index (χ0v) is 14.6. The second-order valence-electron chi connectivity index (χ2n) is 5.65. The molecule has 1 aliphatic rings. The molecule has 0 amide bonds. The maximum atomic E-state index is 12.2. The number of nitrogens with one attached hydrogen (secondary N) is 3. The number of ether oxygens (including phenoxy) is 3. The van der Waals surface area contributed by atoms with Crippen LogP contribution in [0.4, 0.5) is 5.95 Å². The molecule has 1 aliphatic heterocycles. The van der Waals surface area contributed by atoms with Gasteiger partial charge < -0.3 is 24.8 Å². The van der Waals surface area contributed by atoms with Gasteiger partial charge in [-0.3, -0.25) is 9.78 Å². The van der Waals surface area contributed by atoms with Gasteiger partial charge in [-0.05, 0) is 30.7 Å². The zero-order chi connectivity index (χ0) is 17.8. The standard InChI is InChI=1S/C17H22N4O4/c1-23-13-6-10(7-14(24-2)15(13)25-3)8-19-17-20-12-9-18-5-4-11(12)16(22)21-17/h6-7,18H,4-5,8-9H2,1-3H3,(H2,19,20,21,22). The first-order chi connectivity index (χ1) is 12.2. The Kier molecular flexibility index (Phi) is 5.08. The second kappa shape index (κ2) is 7.43. The molecule has 8 heteroatoms. The van der Waals surface area contributed by atoms with Crippen molar-refractivity contribution in [2.75, 3.05) is 33.2 Å². The van der Waals surface area contributed by atoms with Gasteiger partial charge in [-0.2, -0.15) is 0 Å². The summed E-state index contributed by atoms with van der Waals surface area (Å²) < 4.78 is 16.0. The Hall–Kier alpha value is -2.74. The van der Waals surface area contributed by atoms with Crippen LogP contribution in [0.5, 0.6) is 17.2 Å². The van der Waals surface area contributed by atoms with Crippen LogP contribution in [0.25, 0.3) is 0 Å². The average Bonchev–Trinajstić information content (AvgIpc) is 2.65. The van der Waals surface area contributed by atoms with E-state index < -0.39 is 0 Å². The van der Waals surface area contributed by atoms with Crippen molar-refractivity contribution in [3.05, 3.63) is 39.3 Å². The lowest BCUT2D eigenvalue weighted by Crippen LogP contribution is -2.31. The number of nitrogens with zero attached hydrogens (tertiary/aromatic N) is 1. The highest BCUT2D eigenvalue weighted by molar-refractivity contribution is 5.54. The SMILES string of the molecule is COc1cc(CNc2nc3c(c(=O)[nH]2)CCNC3)cc(OC)c1OC. The molecule has 0 spiro atoms. The van der Waals surface area contributed by atoms with E-state index in [9.17, 15) is 4.79 Å². The maximum Gasteiger partial charge on any atom is 0.255 e. The first-order valence-corrected chi connectivity index (χ1v) is 8.01. The molecule has 3 N–H and O–H groups in total. The van der Waals surface area contributed by atoms with Crippen LogP contribution in [0.3, 0.4) is 0 Å². The van der Waals surface area contributed by atoms with Crippen molar-refractivity contribution >= 4 is 5.95 Å². The van der Waals surface area contributed by atoms with Crippen molar-refractivity contribution in [2.24, 2.45) is 0 Å². The summed E-state index contributed by atoms with van der Waals surface area (Å²) >= 11 is 0. The highest BCUT2D eigenvalue weighted by Crippen LogP contribution is 2.38. The van der Waals surface area contributed by atoms with E-state index in [-0.39, 0.29) is 5.56 Å². The fraction of sp³-hybridized carbons (Fsp3) is 0.412. The highest BCUT2D eigenvalue weighted by Gasteiger charge is 2.16. The molecule has 8 nitrogen and oxygen atoms in total. The van der Waals surface area contributed by atoms with Gasteiger partial charge in [0.2, 0.25) is 11.7 Å². The third kappa shape index (κ3) is 3.53. The minimum Gasteiger partial charge on any atom is -0.493 e. The summed E-state index contributed by atoms with van der Waals surface area (Å²) in [6.07, 6.45) is 0.699. The molecule has 3 rings (SSSR count). The molecule has 2 heterocycles. The molecular weight excluding hydrogens is 324 g/mol. The first-order valence-electron chi connectivity index (χ1n) is 8.01. The largest absolute Gasteiger partial charge is 0.493 e. The number of benzene rings is 1. The maximum absolute atomic E-state index is 12.2. The number of fused-ring (bicyclic) bond motifs is 1. The Morgan fingerprint density at radius 3 is 2.52 bits per heavy atom. The molecule has 1 aromatic carbocycles. The van der Waals surface area contributed by atoms with E-state index in [0.29, 0.717) is 42.7 Å². The van der Waals surface area contributed by atoms with Crippen molar-refractivity contribution in [1.82, 2.24) is 15.3 Å². The quantitative estimate of drug-likeness (QED) is 0.719. The van der Waals surface area contributed by atoms with E-state index in [4.69, 9.17) is 14.2 Å². The summed E-state index contributed by atoms with van der Waals surface area (Å²) in [5.74, 6) is 2.14. The van der Waals surface area contributed by atoms with E-state index in [1.165, 1.54) is 0 Å². The predicted octanol–water partition coefficient (Wildman–Crippen LogP) is 1.05. The number of hydrogen-bond acceptors (Lipinski definition) is 7. The number of methoxy groups -OCH3 is 3. The van der Waals surface area contributed by atoms with Gasteiger partial charge in [0.05, 0.1) is 27.0 Å². The molecule has 0 unspecified atom stereocenters. The Morgan fingerprint density at radius 2 is 1.88 bits per heavy atom. The molecule has 0 saturated heterocycles. The Morgan fingerprint density at radius 1 is 1.16 bits per heavy atom. The smallest absolute Gasteiger partial charge is 0.255 e. The number of aromatic amines is 1. The topological polar surface area (TPSA) is 97.5 Å². The number of hydrogen-bond donors (Lipinski definition) is 3. The molecule has 0 atom stereocenters. The number of rotatable bonds is 6. The summed E-state index contributed by atoms with van der Waals surface area (Å²) in [5.41, 5.74) is 2.38. The highest BCUT2D eigenvalue weighted by atomic mass is 16.5. The van der Waals surface area contributed by atoms with Crippen LogP contribution >= 0.6 is 0 Å². The summed E-state index contributed by atoms with van der Waals surface area (Å²) in [7, 11) is 4.71. The van der Waals surface area contributed by atoms with E-state index in [2.05, 4.69) is 20.6 Å². The van der Waals surface area contributed by atoms with Crippen LogP contribution in [-0.2, 0) is 19.5 Å². The number of aromatic nitrogens is 2. The van der Waals surface area contributed by atoms with Crippen LogP contribution in [0, 0.1) is 0 Å². The fourth-order valence-electron chi connectivity index (χ4n) is 2.88. The summed E-state index contributed by atoms with van der Waals surface area (Å²) in [5, 5.41) is 6.37. The molecule has 0 saturated carbocycles. The molecule has 2 aromatic rings. The Balaban J connectivity index is 1.82. The van der Waals surface area contributed by atoms with Crippen molar-refractivity contribution in [1.29, 1.82) is 0 Å². The van der Waals surface area contributed by atoms with E-state index in [1.54, 1.807) is 21.3 Å². The molecule has 1 aromatic heterocycles. The van der Waals surface area contributed by atoms with Crippen molar-refractivity contribution < 1.29 is 14.2 Å². The van der Waals surface area contributed by atoms with E-state index in [0.717, 1.165) is 23.4 Å². The van der Waals surface area contributed by atoms with Gasteiger partial charge in [-0.25, -0.2) is 4.98 Å². The Labute approximate surface area is 145 Å². The number of H-pyrrole nitrogens is 1. The van der Waals surface area contributed by atoms with Crippen LogP contribution in [0.2, 0.25) is 0 Å². The van der Waals surface area contributed by atoms with Crippen LogP contribution in [-0.4, -0.2) is 37.8 Å². The van der Waals surface area contributed by atoms with Gasteiger partial charge in [-0.1, -0.05) is 0 Å². The molecule has 0 bridgehead atoms. The van der Waals surface area contributed by atoms with Gasteiger partial charge in [0.1, 0.15) is 0 Å². The van der Waals surface area contributed by atoms with Gasteiger partial charge in [0.25, 0.3) is 5.56 Å². The van der Waals surface area contributed by atoms with Gasteiger partial charge in [0, 0.05) is 18.7 Å². The van der Waals surface area contributed by atoms with Gasteiger partial charge in [0.15, 0.2) is 11.5 Å². The molecule has 0 fully saturated rings. The summed E-state index contributed by atoms with van der Waals surface area (Å²) in [6.45, 7) is 1.86. The summed E-state index contributed by atoms with van der Waals surface area (Å²) in [6, 6.07) is 3.71. The minimum atomic E-state index is -0.0844. The first kappa shape index (κ1) is 17.1. The third-order valence-corrected chi connectivity index (χ3v) is 4.13. The van der Waals surface area contributed by atoms with E-state index in [1.807, 2.05) is 12.1 Å². The number of anilines is 1. The second-order valence-corrected chi connectivity index (χ2v) is 5.65. The lowest BCUT2D eigenvalue weighted by Gasteiger charge is -2.17. The fourth-order valence-corrected chi connectivity index (χ4v) is 2.88. The van der Waals surface area contributed by atoms with Crippen LogP contribution < -0.4 is 30.4 Å².